The van der Waals surface area contributed by atoms with Gasteiger partial charge in [-0.3, -0.25) is 19.7 Å². The van der Waals surface area contributed by atoms with E-state index in [1.54, 1.807) is 0 Å². The molecule has 0 saturated carbocycles. The Morgan fingerprint density at radius 2 is 2.11 bits per heavy atom. The number of piperidine rings is 1. The smallest absolute Gasteiger partial charge is 0.406 e. The monoisotopic (exact) mass is 399 g/mol. The minimum Gasteiger partial charge on any atom is -0.406 e. The molecule has 9 nitrogen and oxygen atoms in total. The van der Waals surface area contributed by atoms with Crippen molar-refractivity contribution in [1.29, 1.82) is 0 Å². The Morgan fingerprint density at radius 3 is 2.82 bits per heavy atom. The summed E-state index contributed by atoms with van der Waals surface area (Å²) < 4.78 is 40.6. The first-order chi connectivity index (χ1) is 13.2. The van der Waals surface area contributed by atoms with Gasteiger partial charge in [-0.2, -0.15) is 0 Å². The van der Waals surface area contributed by atoms with Gasteiger partial charge in [0, 0.05) is 25.5 Å². The lowest BCUT2D eigenvalue weighted by Crippen LogP contribution is -2.50. The summed E-state index contributed by atoms with van der Waals surface area (Å²) in [7, 11) is 0. The molecular weight excluding hydrogens is 383 g/mol. The highest BCUT2D eigenvalue weighted by Crippen LogP contribution is 2.26. The van der Waals surface area contributed by atoms with Crippen molar-refractivity contribution in [3.05, 3.63) is 18.2 Å². The molecule has 1 aliphatic rings. The van der Waals surface area contributed by atoms with Crippen molar-refractivity contribution in [2.45, 2.75) is 25.2 Å². The number of H-pyrrole nitrogens is 1. The lowest BCUT2D eigenvalue weighted by Gasteiger charge is -2.21. The van der Waals surface area contributed by atoms with Crippen LogP contribution in [0.1, 0.15) is 12.8 Å². The van der Waals surface area contributed by atoms with Crippen LogP contribution < -0.4 is 20.7 Å². The van der Waals surface area contributed by atoms with E-state index in [-0.39, 0.29) is 30.2 Å². The van der Waals surface area contributed by atoms with Crippen LogP contribution in [0.25, 0.3) is 11.0 Å². The molecule has 1 aromatic heterocycles. The minimum atomic E-state index is -4.82. The van der Waals surface area contributed by atoms with Gasteiger partial charge in [-0.25, -0.2) is 4.98 Å². The summed E-state index contributed by atoms with van der Waals surface area (Å²) in [5.74, 6) is -1.52. The highest BCUT2D eigenvalue weighted by molar-refractivity contribution is 5.96. The van der Waals surface area contributed by atoms with E-state index in [0.717, 1.165) is 12.1 Å². The number of halogens is 3. The maximum Gasteiger partial charge on any atom is 0.573 e. The first-order valence-electron chi connectivity index (χ1n) is 8.28. The van der Waals surface area contributed by atoms with Crippen LogP contribution >= 0.6 is 0 Å². The third-order valence-corrected chi connectivity index (χ3v) is 3.91. The predicted octanol–water partition coefficient (Wildman–Crippen LogP) is 0.837. The topological polar surface area (TPSA) is 125 Å². The van der Waals surface area contributed by atoms with E-state index in [2.05, 4.69) is 30.7 Å². The summed E-state index contributed by atoms with van der Waals surface area (Å²) in [5, 5.41) is 7.69. The second kappa shape index (κ2) is 7.84. The van der Waals surface area contributed by atoms with Gasteiger partial charge >= 0.3 is 6.36 Å². The van der Waals surface area contributed by atoms with E-state index in [0.29, 0.717) is 18.5 Å². The van der Waals surface area contributed by atoms with Crippen LogP contribution in [0.4, 0.5) is 19.1 Å². The molecular formula is C16H16F3N5O4. The van der Waals surface area contributed by atoms with Gasteiger partial charge in [0.15, 0.2) is 0 Å². The maximum absolute atomic E-state index is 12.3. The minimum absolute atomic E-state index is 0.00405. The van der Waals surface area contributed by atoms with Crippen LogP contribution in [-0.4, -0.2) is 53.1 Å². The number of nitrogens with zero attached hydrogens (tertiary/aromatic N) is 1. The number of Topliss-reactive ketones (excluding diaryl/α,β-unsaturated/α-hetero) is 1. The second-order valence-corrected chi connectivity index (χ2v) is 6.08. The molecule has 3 rings (SSSR count). The number of anilines is 1. The van der Waals surface area contributed by atoms with Crippen molar-refractivity contribution in [3.63, 3.8) is 0 Å². The molecule has 0 radical (unpaired) electrons. The number of fused-ring (bicyclic) bond motifs is 1. The van der Waals surface area contributed by atoms with E-state index >= 15 is 0 Å². The third-order valence-electron chi connectivity index (χ3n) is 3.91. The molecule has 0 spiro atoms. The zero-order chi connectivity index (χ0) is 20.3. The van der Waals surface area contributed by atoms with E-state index in [1.807, 2.05) is 0 Å². The maximum atomic E-state index is 12.3. The fourth-order valence-electron chi connectivity index (χ4n) is 2.69. The molecule has 150 valence electrons. The predicted molar refractivity (Wildman–Crippen MR) is 90.4 cm³/mol. The molecule has 1 fully saturated rings. The largest absolute Gasteiger partial charge is 0.573 e. The van der Waals surface area contributed by atoms with Crippen LogP contribution in [0.3, 0.4) is 0 Å². The van der Waals surface area contributed by atoms with Crippen molar-refractivity contribution >= 4 is 34.6 Å². The molecule has 0 aliphatic carbocycles. The van der Waals surface area contributed by atoms with Gasteiger partial charge in [0.1, 0.15) is 11.5 Å². The Labute approximate surface area is 156 Å². The molecule has 12 heteroatoms. The number of aromatic nitrogens is 2. The van der Waals surface area contributed by atoms with Crippen LogP contribution in [0.5, 0.6) is 5.75 Å². The van der Waals surface area contributed by atoms with E-state index < -0.39 is 30.0 Å². The standard InChI is InChI=1S/C16H16F3N5O4/c17-16(18,19)28-9-1-2-10-11(6-9)23-15(22-10)24-13(26)7-21-14(27)12-5-8(25)3-4-20-12/h1-2,6,12,20H,3-5,7H2,(H,21,27)(H2,22,23,24,26)/t12-/m1/s1. The first kappa shape index (κ1) is 19.6. The average molecular weight is 399 g/mol. The van der Waals surface area contributed by atoms with Gasteiger partial charge in [-0.15, -0.1) is 13.2 Å². The van der Waals surface area contributed by atoms with Crippen LogP contribution in [-0.2, 0) is 14.4 Å². The zero-order valence-electron chi connectivity index (χ0n) is 14.4. The average Bonchev–Trinajstić information content (AvgIpc) is 2.99. The molecule has 0 unspecified atom stereocenters. The molecule has 0 bridgehead atoms. The summed E-state index contributed by atoms with van der Waals surface area (Å²) in [6.45, 7) is 0.0484. The lowest BCUT2D eigenvalue weighted by molar-refractivity contribution is -0.274. The number of hydrogen-bond acceptors (Lipinski definition) is 6. The SMILES string of the molecule is O=C1CCN[C@@H](C(=O)NCC(=O)Nc2nc3ccc(OC(F)(F)F)cc3[nH]2)C1. The number of benzene rings is 1. The fraction of sp³-hybridized carbons (Fsp3) is 0.375. The number of nitrogens with one attached hydrogen (secondary N) is 4. The third kappa shape index (κ3) is 5.19. The van der Waals surface area contributed by atoms with Crippen molar-refractivity contribution in [2.75, 3.05) is 18.4 Å². The molecule has 2 heterocycles. The summed E-state index contributed by atoms with van der Waals surface area (Å²) >= 11 is 0. The Bertz CT molecular complexity index is 911. The lowest BCUT2D eigenvalue weighted by atomic mass is 10.0. The van der Waals surface area contributed by atoms with Crippen LogP contribution in [0.2, 0.25) is 0 Å². The molecule has 1 aromatic carbocycles. The van der Waals surface area contributed by atoms with Gasteiger partial charge in [0.2, 0.25) is 17.8 Å². The number of carbonyl (C=O) groups is 3. The van der Waals surface area contributed by atoms with E-state index in [9.17, 15) is 27.6 Å². The Morgan fingerprint density at radius 1 is 1.32 bits per heavy atom. The first-order valence-corrected chi connectivity index (χ1v) is 8.28. The van der Waals surface area contributed by atoms with E-state index in [4.69, 9.17) is 0 Å². The van der Waals surface area contributed by atoms with Gasteiger partial charge in [0.25, 0.3) is 0 Å². The Balaban J connectivity index is 1.55. The number of rotatable bonds is 5. The number of hydrogen-bond donors (Lipinski definition) is 4. The fourth-order valence-corrected chi connectivity index (χ4v) is 2.69. The molecule has 2 amide bonds. The summed E-state index contributed by atoms with van der Waals surface area (Å²) in [4.78, 5) is 41.9. The number of aromatic amines is 1. The number of ketones is 1. The number of alkyl halides is 3. The van der Waals surface area contributed by atoms with Gasteiger partial charge in [0.05, 0.1) is 23.6 Å². The zero-order valence-corrected chi connectivity index (χ0v) is 14.4. The number of amides is 2. The number of ether oxygens (including phenoxy) is 1. The highest BCUT2D eigenvalue weighted by Gasteiger charge is 2.31. The normalized spacial score (nSPS) is 17.4. The van der Waals surface area contributed by atoms with Crippen molar-refractivity contribution in [1.82, 2.24) is 20.6 Å². The van der Waals surface area contributed by atoms with Gasteiger partial charge in [-0.1, -0.05) is 0 Å². The van der Waals surface area contributed by atoms with Crippen molar-refractivity contribution < 1.29 is 32.3 Å². The molecule has 28 heavy (non-hydrogen) atoms. The summed E-state index contributed by atoms with van der Waals surface area (Å²) in [6.07, 6.45) is -4.38. The Kier molecular flexibility index (Phi) is 5.49. The van der Waals surface area contributed by atoms with Gasteiger partial charge < -0.3 is 20.4 Å². The Hall–Kier alpha value is -3.15. The molecule has 1 aliphatic heterocycles. The molecule has 1 atom stereocenters. The number of imidazole rings is 1. The van der Waals surface area contributed by atoms with Crippen molar-refractivity contribution in [2.24, 2.45) is 0 Å². The molecule has 2 aromatic rings. The summed E-state index contributed by atoms with van der Waals surface area (Å²) in [5.41, 5.74) is 0.546. The van der Waals surface area contributed by atoms with Crippen LogP contribution in [0.15, 0.2) is 18.2 Å². The second-order valence-electron chi connectivity index (χ2n) is 6.08. The van der Waals surface area contributed by atoms with E-state index in [1.165, 1.54) is 6.07 Å². The quantitative estimate of drug-likeness (QED) is 0.591. The van der Waals surface area contributed by atoms with Crippen LogP contribution in [0, 0.1) is 0 Å². The molecule has 4 N–H and O–H groups in total. The summed E-state index contributed by atoms with van der Waals surface area (Å²) in [6, 6.07) is 2.82. The van der Waals surface area contributed by atoms with Gasteiger partial charge in [-0.05, 0) is 12.1 Å². The van der Waals surface area contributed by atoms with Crippen molar-refractivity contribution in [3.8, 4) is 5.75 Å². The highest BCUT2D eigenvalue weighted by atomic mass is 19.4. The number of carbonyl (C=O) groups excluding carboxylic acids is 3. The molecule has 1 saturated heterocycles.